The highest BCUT2D eigenvalue weighted by atomic mass is 16.4. The highest BCUT2D eigenvalue weighted by molar-refractivity contribution is 5.83. The normalized spacial score (nSPS) is 19.7. The first kappa shape index (κ1) is 12.7. The lowest BCUT2D eigenvalue weighted by Crippen LogP contribution is -2.49. The van der Waals surface area contributed by atoms with E-state index in [4.69, 9.17) is 10.4 Å². The summed E-state index contributed by atoms with van der Waals surface area (Å²) in [6, 6.07) is 1.08. The van der Waals surface area contributed by atoms with Gasteiger partial charge in [-0.1, -0.05) is 0 Å². The monoisotopic (exact) mass is 251 g/mol. The molecule has 0 aromatic rings. The summed E-state index contributed by atoms with van der Waals surface area (Å²) in [5.41, 5.74) is 0. The first-order valence-corrected chi connectivity index (χ1v) is 6.30. The van der Waals surface area contributed by atoms with Gasteiger partial charge in [-0.15, -0.1) is 0 Å². The molecule has 6 heteroatoms. The van der Waals surface area contributed by atoms with Crippen LogP contribution in [0, 0.1) is 17.2 Å². The minimum absolute atomic E-state index is 0.0727. The molecule has 2 aliphatic carbocycles. The zero-order chi connectivity index (χ0) is 13.1. The van der Waals surface area contributed by atoms with Crippen molar-refractivity contribution in [1.29, 1.82) is 5.26 Å². The number of hydrogen-bond acceptors (Lipinski definition) is 3. The van der Waals surface area contributed by atoms with Crippen LogP contribution in [0.15, 0.2) is 0 Å². The molecular formula is C12H17N3O3. The number of amides is 2. The van der Waals surface area contributed by atoms with Gasteiger partial charge in [0.15, 0.2) is 0 Å². The van der Waals surface area contributed by atoms with Crippen molar-refractivity contribution in [3.05, 3.63) is 0 Å². The molecule has 1 atom stereocenters. The second kappa shape index (κ2) is 5.25. The minimum atomic E-state index is -0.970. The zero-order valence-electron chi connectivity index (χ0n) is 10.1. The van der Waals surface area contributed by atoms with Crippen LogP contribution in [0.25, 0.3) is 0 Å². The number of carbonyl (C=O) groups excluding carboxylic acids is 1. The van der Waals surface area contributed by atoms with Gasteiger partial charge in [-0.3, -0.25) is 0 Å². The van der Waals surface area contributed by atoms with E-state index >= 15 is 0 Å². The van der Waals surface area contributed by atoms with Crippen LogP contribution in [0.4, 0.5) is 4.79 Å². The molecule has 0 spiro atoms. The Kier molecular flexibility index (Phi) is 3.70. The number of hydrogen-bond donors (Lipinski definition) is 2. The van der Waals surface area contributed by atoms with Crippen LogP contribution < -0.4 is 5.32 Å². The lowest BCUT2D eigenvalue weighted by Gasteiger charge is -2.24. The van der Waals surface area contributed by atoms with Gasteiger partial charge >= 0.3 is 12.0 Å². The zero-order valence-corrected chi connectivity index (χ0v) is 10.1. The molecule has 2 amide bonds. The summed E-state index contributed by atoms with van der Waals surface area (Å²) >= 11 is 0. The van der Waals surface area contributed by atoms with E-state index in [1.165, 1.54) is 0 Å². The van der Waals surface area contributed by atoms with Crippen molar-refractivity contribution in [1.82, 2.24) is 10.2 Å². The van der Waals surface area contributed by atoms with Crippen LogP contribution in [0.3, 0.4) is 0 Å². The largest absolute Gasteiger partial charge is 0.480 e. The van der Waals surface area contributed by atoms with Crippen molar-refractivity contribution in [3.8, 4) is 6.07 Å². The molecule has 2 saturated carbocycles. The summed E-state index contributed by atoms with van der Waals surface area (Å²) in [4.78, 5) is 24.7. The van der Waals surface area contributed by atoms with Crippen LogP contribution in [0.2, 0.25) is 0 Å². The predicted octanol–water partition coefficient (Wildman–Crippen LogP) is 0.937. The molecule has 1 unspecified atom stereocenters. The molecule has 0 aromatic heterocycles. The molecule has 0 saturated heterocycles. The van der Waals surface area contributed by atoms with Crippen molar-refractivity contribution in [2.45, 2.75) is 44.2 Å². The molecule has 2 aliphatic rings. The number of carboxylic acid groups (broad SMARTS) is 1. The standard InChI is InChI=1S/C12H17N3O3/c13-6-1-7-15(9-4-5-9)12(18)14-10(11(16)17)8-2-3-8/h8-10H,1-5,7H2,(H,14,18)(H,16,17). The molecule has 0 aromatic carbocycles. The van der Waals surface area contributed by atoms with Crippen molar-refractivity contribution in [2.75, 3.05) is 6.54 Å². The number of aliphatic carboxylic acids is 1. The maximum atomic E-state index is 12.0. The van der Waals surface area contributed by atoms with Gasteiger partial charge in [0.05, 0.1) is 12.5 Å². The topological polar surface area (TPSA) is 93.4 Å². The molecule has 0 aliphatic heterocycles. The Morgan fingerprint density at radius 3 is 2.50 bits per heavy atom. The number of rotatable bonds is 6. The van der Waals surface area contributed by atoms with E-state index < -0.39 is 12.0 Å². The SMILES string of the molecule is N#CCCN(C(=O)NC(C(=O)O)C1CC1)C1CC1. The third kappa shape index (κ3) is 3.13. The molecule has 2 fully saturated rings. The number of nitriles is 1. The summed E-state index contributed by atoms with van der Waals surface area (Å²) in [5.74, 6) is -0.898. The Morgan fingerprint density at radius 1 is 1.39 bits per heavy atom. The highest BCUT2D eigenvalue weighted by Crippen LogP contribution is 2.33. The molecule has 98 valence electrons. The Hall–Kier alpha value is -1.77. The molecular weight excluding hydrogens is 234 g/mol. The number of nitrogens with zero attached hydrogens (tertiary/aromatic N) is 2. The fraction of sp³-hybridized carbons (Fsp3) is 0.750. The third-order valence-electron chi connectivity index (χ3n) is 3.35. The summed E-state index contributed by atoms with van der Waals surface area (Å²) in [6.07, 6.45) is 3.89. The van der Waals surface area contributed by atoms with Crippen molar-refractivity contribution in [2.24, 2.45) is 5.92 Å². The first-order chi connectivity index (χ1) is 8.63. The van der Waals surface area contributed by atoms with Gasteiger partial charge < -0.3 is 15.3 Å². The quantitative estimate of drug-likeness (QED) is 0.734. The summed E-state index contributed by atoms with van der Waals surface area (Å²) in [5, 5.41) is 20.2. The Morgan fingerprint density at radius 2 is 2.06 bits per heavy atom. The molecule has 2 rings (SSSR count). The van der Waals surface area contributed by atoms with Crippen molar-refractivity contribution >= 4 is 12.0 Å². The fourth-order valence-corrected chi connectivity index (χ4v) is 2.03. The van der Waals surface area contributed by atoms with E-state index in [9.17, 15) is 9.59 Å². The average Bonchev–Trinajstić information content (AvgIpc) is 3.16. The van der Waals surface area contributed by atoms with Crippen molar-refractivity contribution < 1.29 is 14.7 Å². The first-order valence-electron chi connectivity index (χ1n) is 6.30. The Bertz CT molecular complexity index is 383. The van der Waals surface area contributed by atoms with Gasteiger partial charge in [0, 0.05) is 12.6 Å². The van der Waals surface area contributed by atoms with E-state index in [0.717, 1.165) is 25.7 Å². The lowest BCUT2D eigenvalue weighted by atomic mass is 10.2. The van der Waals surface area contributed by atoms with Crippen LogP contribution in [-0.2, 0) is 4.79 Å². The van der Waals surface area contributed by atoms with E-state index in [2.05, 4.69) is 5.32 Å². The van der Waals surface area contributed by atoms with E-state index in [-0.39, 0.29) is 24.4 Å². The second-order valence-electron chi connectivity index (χ2n) is 4.94. The van der Waals surface area contributed by atoms with Gasteiger partial charge in [0.25, 0.3) is 0 Å². The maximum absolute atomic E-state index is 12.0. The summed E-state index contributed by atoms with van der Waals surface area (Å²) in [7, 11) is 0. The van der Waals surface area contributed by atoms with E-state index in [1.807, 2.05) is 6.07 Å². The van der Waals surface area contributed by atoms with Crippen LogP contribution >= 0.6 is 0 Å². The van der Waals surface area contributed by atoms with Crippen LogP contribution in [0.1, 0.15) is 32.1 Å². The summed E-state index contributed by atoms with van der Waals surface area (Å²) in [6.45, 7) is 0.379. The Labute approximate surface area is 106 Å². The smallest absolute Gasteiger partial charge is 0.326 e. The fourth-order valence-electron chi connectivity index (χ4n) is 2.03. The van der Waals surface area contributed by atoms with Gasteiger partial charge in [0.2, 0.25) is 0 Å². The molecule has 0 bridgehead atoms. The molecule has 0 radical (unpaired) electrons. The molecule has 0 heterocycles. The van der Waals surface area contributed by atoms with Gasteiger partial charge in [-0.25, -0.2) is 9.59 Å². The number of carbonyl (C=O) groups is 2. The lowest BCUT2D eigenvalue weighted by molar-refractivity contribution is -0.139. The summed E-state index contributed by atoms with van der Waals surface area (Å²) < 4.78 is 0. The van der Waals surface area contributed by atoms with Crippen molar-refractivity contribution in [3.63, 3.8) is 0 Å². The van der Waals surface area contributed by atoms with Crippen LogP contribution in [-0.4, -0.2) is 40.6 Å². The van der Waals surface area contributed by atoms with E-state index in [0.29, 0.717) is 6.54 Å². The van der Waals surface area contributed by atoms with E-state index in [1.54, 1.807) is 4.90 Å². The molecule has 18 heavy (non-hydrogen) atoms. The molecule has 2 N–H and O–H groups in total. The average molecular weight is 251 g/mol. The predicted molar refractivity (Wildman–Crippen MR) is 62.6 cm³/mol. The third-order valence-corrected chi connectivity index (χ3v) is 3.35. The minimum Gasteiger partial charge on any atom is -0.480 e. The maximum Gasteiger partial charge on any atom is 0.326 e. The molecule has 6 nitrogen and oxygen atoms in total. The van der Waals surface area contributed by atoms with Gasteiger partial charge in [-0.2, -0.15) is 5.26 Å². The van der Waals surface area contributed by atoms with Crippen LogP contribution in [0.5, 0.6) is 0 Å². The number of urea groups is 1. The van der Waals surface area contributed by atoms with Gasteiger partial charge in [0.1, 0.15) is 6.04 Å². The number of nitrogens with one attached hydrogen (secondary N) is 1. The van der Waals surface area contributed by atoms with Gasteiger partial charge in [-0.05, 0) is 31.6 Å². The highest BCUT2D eigenvalue weighted by Gasteiger charge is 2.40. The Balaban J connectivity index is 1.91. The number of carboxylic acids is 1. The second-order valence-corrected chi connectivity index (χ2v) is 4.94.